The van der Waals surface area contributed by atoms with Gasteiger partial charge in [0.1, 0.15) is 0 Å². The van der Waals surface area contributed by atoms with Gasteiger partial charge in [0.25, 0.3) is 0 Å². The number of hydrogen-bond acceptors (Lipinski definition) is 1. The highest BCUT2D eigenvalue weighted by Gasteiger charge is 2.34. The Balaban J connectivity index is 2.23. The van der Waals surface area contributed by atoms with E-state index in [0.29, 0.717) is 0 Å². The Kier molecular flexibility index (Phi) is 5.23. The second kappa shape index (κ2) is 6.28. The lowest BCUT2D eigenvalue weighted by atomic mass is 9.76. The lowest BCUT2D eigenvalue weighted by Gasteiger charge is -2.37. The van der Waals surface area contributed by atoms with Crippen LogP contribution in [0.4, 0.5) is 0 Å². The summed E-state index contributed by atoms with van der Waals surface area (Å²) in [5, 5.41) is 3.46. The van der Waals surface area contributed by atoms with Crippen molar-refractivity contribution in [3.05, 3.63) is 23.3 Å². The predicted octanol–water partition coefficient (Wildman–Crippen LogP) is 4.66. The first-order valence-electron chi connectivity index (χ1n) is 9.11. The predicted molar refractivity (Wildman–Crippen MR) is 113 cm³/mol. The van der Waals surface area contributed by atoms with Crippen LogP contribution in [0.15, 0.2) is 12.1 Å². The van der Waals surface area contributed by atoms with E-state index in [1.807, 2.05) is 0 Å². The van der Waals surface area contributed by atoms with Crippen LogP contribution in [0, 0.1) is 0 Å². The van der Waals surface area contributed by atoms with Gasteiger partial charge in [0.2, 0.25) is 0 Å². The molecule has 1 nitrogen and oxygen atoms in total. The molecule has 0 bridgehead atoms. The van der Waals surface area contributed by atoms with Gasteiger partial charge in [-0.25, -0.2) is 0 Å². The summed E-state index contributed by atoms with van der Waals surface area (Å²) in [7, 11) is -3.92. The Labute approximate surface area is 147 Å². The van der Waals surface area contributed by atoms with Crippen molar-refractivity contribution in [2.24, 2.45) is 0 Å². The quantitative estimate of drug-likeness (QED) is 0.667. The van der Waals surface area contributed by atoms with Crippen LogP contribution < -0.4 is 10.4 Å². The van der Waals surface area contributed by atoms with Crippen molar-refractivity contribution in [3.8, 4) is 0 Å². The molecule has 0 saturated carbocycles. The molecule has 0 amide bonds. The summed E-state index contributed by atoms with van der Waals surface area (Å²) >= 11 is 0. The first-order valence-corrected chi connectivity index (χ1v) is 19.5. The highest BCUT2D eigenvalue weighted by molar-refractivity contribution is 6.98. The summed E-state index contributed by atoms with van der Waals surface area (Å²) in [4.78, 5) is 0. The highest BCUT2D eigenvalue weighted by Crippen LogP contribution is 2.37. The minimum atomic E-state index is -1.37. The van der Waals surface area contributed by atoms with Crippen LogP contribution in [0.5, 0.6) is 0 Å². The van der Waals surface area contributed by atoms with Gasteiger partial charge in [0.05, 0.1) is 16.1 Å². The molecule has 0 radical (unpaired) electrons. The summed E-state index contributed by atoms with van der Waals surface area (Å²) in [6, 6.07) is 5.20. The third-order valence-corrected chi connectivity index (χ3v) is 10.2. The average molecular weight is 365 g/mol. The van der Waals surface area contributed by atoms with Crippen LogP contribution in [0.25, 0.3) is 0 Å². The molecular formula is C19H36OSi3. The topological polar surface area (TPSA) is 9.23 Å². The van der Waals surface area contributed by atoms with E-state index >= 15 is 0 Å². The van der Waals surface area contributed by atoms with E-state index in [4.69, 9.17) is 4.43 Å². The van der Waals surface area contributed by atoms with Crippen molar-refractivity contribution in [1.29, 1.82) is 0 Å². The molecule has 1 aliphatic carbocycles. The van der Waals surface area contributed by atoms with Gasteiger partial charge < -0.3 is 4.43 Å². The van der Waals surface area contributed by atoms with E-state index < -0.39 is 24.5 Å². The zero-order chi connectivity index (χ0) is 17.6. The van der Waals surface area contributed by atoms with Gasteiger partial charge in [0.15, 0.2) is 8.32 Å². The highest BCUT2D eigenvalue weighted by atomic mass is 28.4. The zero-order valence-electron chi connectivity index (χ0n) is 16.8. The van der Waals surface area contributed by atoms with Crippen molar-refractivity contribution < 1.29 is 4.43 Å². The Morgan fingerprint density at radius 3 is 1.87 bits per heavy atom. The van der Waals surface area contributed by atoms with Crippen molar-refractivity contribution >= 4 is 34.8 Å². The van der Waals surface area contributed by atoms with Crippen molar-refractivity contribution in [2.75, 3.05) is 6.61 Å². The molecule has 0 saturated heterocycles. The largest absolute Gasteiger partial charge is 0.418 e. The van der Waals surface area contributed by atoms with Crippen molar-refractivity contribution in [3.63, 3.8) is 0 Å². The van der Waals surface area contributed by atoms with Gasteiger partial charge in [0, 0.05) is 6.61 Å². The van der Waals surface area contributed by atoms with Crippen LogP contribution in [0.3, 0.4) is 0 Å². The lowest BCUT2D eigenvalue weighted by Crippen LogP contribution is -2.57. The SMILES string of the molecule is C[Si](C)(C)OCCC1Cc2cc([Si](C)(C)C)c([Si](C)(C)C)cc21. The van der Waals surface area contributed by atoms with E-state index in [1.165, 1.54) is 12.8 Å². The molecule has 0 heterocycles. The van der Waals surface area contributed by atoms with E-state index in [0.717, 1.165) is 12.5 Å². The zero-order valence-corrected chi connectivity index (χ0v) is 19.8. The summed E-state index contributed by atoms with van der Waals surface area (Å²) in [6.45, 7) is 22.8. The van der Waals surface area contributed by atoms with Crippen LogP contribution >= 0.6 is 0 Å². The van der Waals surface area contributed by atoms with E-state index in [2.05, 4.69) is 71.1 Å². The fourth-order valence-electron chi connectivity index (χ4n) is 3.47. The van der Waals surface area contributed by atoms with Crippen LogP contribution in [0.2, 0.25) is 58.9 Å². The fraction of sp³-hybridized carbons (Fsp3) is 0.684. The number of benzene rings is 1. The molecule has 0 N–H and O–H groups in total. The Bertz CT molecular complexity index is 574. The minimum Gasteiger partial charge on any atom is -0.418 e. The maximum atomic E-state index is 6.08. The Morgan fingerprint density at radius 2 is 1.39 bits per heavy atom. The molecule has 0 fully saturated rings. The second-order valence-corrected chi connectivity index (χ2v) is 24.8. The van der Waals surface area contributed by atoms with Crippen LogP contribution in [-0.4, -0.2) is 31.1 Å². The minimum absolute atomic E-state index is 0.743. The average Bonchev–Trinajstić information content (AvgIpc) is 2.30. The van der Waals surface area contributed by atoms with Crippen molar-refractivity contribution in [1.82, 2.24) is 0 Å². The van der Waals surface area contributed by atoms with Gasteiger partial charge in [-0.15, -0.1) is 0 Å². The van der Waals surface area contributed by atoms with Gasteiger partial charge in [-0.2, -0.15) is 0 Å². The molecule has 0 aliphatic heterocycles. The van der Waals surface area contributed by atoms with E-state index in [1.54, 1.807) is 21.5 Å². The normalized spacial score (nSPS) is 18.6. The molecule has 23 heavy (non-hydrogen) atoms. The van der Waals surface area contributed by atoms with Crippen LogP contribution in [0.1, 0.15) is 23.5 Å². The lowest BCUT2D eigenvalue weighted by molar-refractivity contribution is 0.285. The number of hydrogen-bond donors (Lipinski definition) is 0. The maximum Gasteiger partial charge on any atom is 0.183 e. The Hall–Kier alpha value is -0.169. The molecule has 1 aromatic carbocycles. The van der Waals surface area contributed by atoms with E-state index in [9.17, 15) is 0 Å². The first kappa shape index (κ1) is 19.2. The summed E-state index contributed by atoms with van der Waals surface area (Å²) in [5.74, 6) is 0.743. The first-order chi connectivity index (χ1) is 10.3. The second-order valence-electron chi connectivity index (χ2n) is 10.2. The Morgan fingerprint density at radius 1 is 0.870 bits per heavy atom. The molecule has 0 spiro atoms. The third-order valence-electron chi connectivity index (χ3n) is 4.80. The molecule has 4 heteroatoms. The maximum absolute atomic E-state index is 6.08. The molecule has 130 valence electrons. The molecule has 1 aliphatic rings. The van der Waals surface area contributed by atoms with Gasteiger partial charge >= 0.3 is 0 Å². The van der Waals surface area contributed by atoms with Gasteiger partial charge in [-0.05, 0) is 49.5 Å². The van der Waals surface area contributed by atoms with Gasteiger partial charge in [-0.3, -0.25) is 0 Å². The standard InChI is InChI=1S/C19H36OSi3/c1-21(2,3)18-13-16-12-15(10-11-20-23(7,8)9)17(16)14-19(18)22(4,5)6/h13-15H,10-12H2,1-9H3. The number of rotatable bonds is 6. The number of fused-ring (bicyclic) bond motifs is 1. The van der Waals surface area contributed by atoms with E-state index in [-0.39, 0.29) is 0 Å². The summed E-state index contributed by atoms with van der Waals surface area (Å²) in [6.07, 6.45) is 2.47. The third kappa shape index (κ3) is 4.68. The molecule has 1 unspecified atom stereocenters. The molecular weight excluding hydrogens is 328 g/mol. The summed E-state index contributed by atoms with van der Waals surface area (Å²) < 4.78 is 6.08. The van der Waals surface area contributed by atoms with Crippen LogP contribution in [-0.2, 0) is 10.8 Å². The smallest absolute Gasteiger partial charge is 0.183 e. The molecule has 0 aromatic heterocycles. The van der Waals surface area contributed by atoms with Crippen molar-refractivity contribution in [2.45, 2.75) is 77.7 Å². The molecule has 2 rings (SSSR count). The fourth-order valence-corrected chi connectivity index (χ4v) is 9.40. The van der Waals surface area contributed by atoms with Gasteiger partial charge in [-0.1, -0.05) is 61.8 Å². The molecule has 1 atom stereocenters. The molecule has 1 aromatic rings. The monoisotopic (exact) mass is 364 g/mol. The summed E-state index contributed by atoms with van der Waals surface area (Å²) in [5.41, 5.74) is 3.27.